The van der Waals surface area contributed by atoms with Gasteiger partial charge in [0.05, 0.1) is 4.88 Å². The molecule has 1 heterocycles. The maximum atomic E-state index is 6.10. The minimum Gasteiger partial charge on any atom is -0.341 e. The Bertz CT molecular complexity index is 513. The lowest BCUT2D eigenvalue weighted by Crippen LogP contribution is -1.78. The van der Waals surface area contributed by atoms with E-state index in [1.165, 1.54) is 0 Å². The third kappa shape index (κ3) is 1.75. The van der Waals surface area contributed by atoms with E-state index in [2.05, 4.69) is 4.98 Å². The van der Waals surface area contributed by atoms with E-state index < -0.39 is 0 Å². The van der Waals surface area contributed by atoms with Crippen molar-refractivity contribution in [2.24, 2.45) is 0 Å². The number of aryl methyl sites for hydroxylation is 1. The number of benzene rings is 1. The largest absolute Gasteiger partial charge is 0.341 e. The van der Waals surface area contributed by atoms with E-state index in [0.717, 1.165) is 25.1 Å². The lowest BCUT2D eigenvalue weighted by Gasteiger charge is -2.00. The summed E-state index contributed by atoms with van der Waals surface area (Å²) < 4.78 is 0.789. The fraction of sp³-hybridized carbons (Fsp3) is 0.100. The van der Waals surface area contributed by atoms with Crippen molar-refractivity contribution in [1.29, 1.82) is 0 Å². The van der Waals surface area contributed by atoms with E-state index in [1.54, 1.807) is 11.3 Å². The molecule has 14 heavy (non-hydrogen) atoms. The average Bonchev–Trinajstić information content (AvgIpc) is 2.46. The van der Waals surface area contributed by atoms with Crippen molar-refractivity contribution in [2.75, 3.05) is 0 Å². The highest BCUT2D eigenvalue weighted by atomic mass is 35.5. The van der Waals surface area contributed by atoms with Gasteiger partial charge in [-0.25, -0.2) is 0 Å². The van der Waals surface area contributed by atoms with E-state index >= 15 is 0 Å². The maximum absolute atomic E-state index is 6.10. The predicted octanol–water partition coefficient (Wildman–Crippen LogP) is 4.43. The van der Waals surface area contributed by atoms with Gasteiger partial charge in [-0.1, -0.05) is 29.8 Å². The summed E-state index contributed by atoms with van der Waals surface area (Å²) in [5.74, 6) is 0. The van der Waals surface area contributed by atoms with Crippen molar-refractivity contribution < 1.29 is 0 Å². The molecule has 0 radical (unpaired) electrons. The third-order valence-corrected chi connectivity index (χ3v) is 3.64. The van der Waals surface area contributed by atoms with Crippen LogP contribution in [-0.4, -0.2) is 4.98 Å². The van der Waals surface area contributed by atoms with E-state index in [-0.39, 0.29) is 0 Å². The van der Waals surface area contributed by atoms with Crippen LogP contribution in [0.1, 0.15) is 5.69 Å². The zero-order valence-electron chi connectivity index (χ0n) is 7.50. The second-order valence-electron chi connectivity index (χ2n) is 2.95. The first-order chi connectivity index (χ1) is 6.68. The van der Waals surface area contributed by atoms with Gasteiger partial charge in [0, 0.05) is 16.3 Å². The van der Waals surface area contributed by atoms with Crippen LogP contribution in [0.2, 0.25) is 5.02 Å². The smallest absolute Gasteiger partial charge is 0.159 e. The van der Waals surface area contributed by atoms with Crippen LogP contribution in [-0.2, 0) is 0 Å². The number of H-pyrrole nitrogens is 1. The number of thiazole rings is 1. The Morgan fingerprint density at radius 2 is 2.07 bits per heavy atom. The summed E-state index contributed by atoms with van der Waals surface area (Å²) in [7, 11) is 0. The van der Waals surface area contributed by atoms with Crippen LogP contribution in [0.25, 0.3) is 10.4 Å². The van der Waals surface area contributed by atoms with Crippen LogP contribution in [0.15, 0.2) is 24.3 Å². The SMILES string of the molecule is Cc1[nH]c(=S)sc1-c1ccccc1Cl. The Morgan fingerprint density at radius 3 is 2.64 bits per heavy atom. The fourth-order valence-corrected chi connectivity index (χ4v) is 2.88. The van der Waals surface area contributed by atoms with Crippen LogP contribution in [0, 0.1) is 10.9 Å². The summed E-state index contributed by atoms with van der Waals surface area (Å²) in [4.78, 5) is 4.23. The Labute approximate surface area is 96.4 Å². The zero-order valence-corrected chi connectivity index (χ0v) is 9.89. The molecule has 2 aromatic rings. The molecule has 1 aromatic heterocycles. The van der Waals surface area contributed by atoms with Crippen LogP contribution in [0.3, 0.4) is 0 Å². The Morgan fingerprint density at radius 1 is 1.36 bits per heavy atom. The number of rotatable bonds is 1. The minimum absolute atomic E-state index is 0.765. The maximum Gasteiger partial charge on any atom is 0.159 e. The fourth-order valence-electron chi connectivity index (χ4n) is 1.31. The molecule has 0 amide bonds. The normalized spacial score (nSPS) is 10.4. The molecule has 1 aromatic carbocycles. The lowest BCUT2D eigenvalue weighted by molar-refractivity contribution is 1.25. The van der Waals surface area contributed by atoms with Gasteiger partial charge in [-0.05, 0) is 25.2 Å². The van der Waals surface area contributed by atoms with E-state index in [1.807, 2.05) is 31.2 Å². The van der Waals surface area contributed by atoms with E-state index in [9.17, 15) is 0 Å². The topological polar surface area (TPSA) is 15.8 Å². The molecule has 72 valence electrons. The Kier molecular flexibility index (Phi) is 2.72. The molecule has 0 spiro atoms. The molecule has 4 heteroatoms. The number of hydrogen-bond donors (Lipinski definition) is 1. The van der Waals surface area contributed by atoms with Crippen molar-refractivity contribution in [3.05, 3.63) is 38.9 Å². The molecule has 1 nitrogen and oxygen atoms in total. The molecule has 0 saturated carbocycles. The van der Waals surface area contributed by atoms with E-state index in [4.69, 9.17) is 23.8 Å². The van der Waals surface area contributed by atoms with E-state index in [0.29, 0.717) is 0 Å². The molecule has 0 aliphatic rings. The quantitative estimate of drug-likeness (QED) is 0.730. The van der Waals surface area contributed by atoms with Gasteiger partial charge < -0.3 is 4.98 Å². The molecule has 2 rings (SSSR count). The molecule has 0 aliphatic heterocycles. The van der Waals surface area contributed by atoms with Gasteiger partial charge in [0.1, 0.15) is 0 Å². The zero-order chi connectivity index (χ0) is 10.1. The number of halogens is 1. The summed E-state index contributed by atoms with van der Waals surface area (Å²) in [5, 5.41) is 0.765. The van der Waals surface area contributed by atoms with Gasteiger partial charge in [0.2, 0.25) is 0 Å². The molecule has 0 unspecified atom stereocenters. The summed E-state index contributed by atoms with van der Waals surface area (Å²) in [6.07, 6.45) is 0. The second-order valence-corrected chi connectivity index (χ2v) is 5.04. The van der Waals surface area contributed by atoms with Crippen LogP contribution in [0.4, 0.5) is 0 Å². The first-order valence-electron chi connectivity index (χ1n) is 4.13. The van der Waals surface area contributed by atoms with Crippen molar-refractivity contribution in [3.63, 3.8) is 0 Å². The second kappa shape index (κ2) is 3.85. The lowest BCUT2D eigenvalue weighted by atomic mass is 10.2. The van der Waals surface area contributed by atoms with Crippen molar-refractivity contribution >= 4 is 35.2 Å². The molecule has 0 bridgehead atoms. The molecular weight excluding hydrogens is 234 g/mol. The van der Waals surface area contributed by atoms with Crippen LogP contribution < -0.4 is 0 Å². The minimum atomic E-state index is 0.765. The summed E-state index contributed by atoms with van der Waals surface area (Å²) in [5.41, 5.74) is 2.12. The number of aromatic nitrogens is 1. The highest BCUT2D eigenvalue weighted by Gasteiger charge is 2.07. The molecule has 0 atom stereocenters. The standard InChI is InChI=1S/C10H8ClNS2/c1-6-9(14-10(13)12-6)7-4-2-3-5-8(7)11/h2-5H,1H3,(H,12,13). The van der Waals surface area contributed by atoms with Crippen LogP contribution in [0.5, 0.6) is 0 Å². The molecular formula is C10H8ClNS2. The first kappa shape index (κ1) is 9.90. The Balaban J connectivity index is 2.66. The van der Waals surface area contributed by atoms with Gasteiger partial charge in [0.15, 0.2) is 3.95 Å². The van der Waals surface area contributed by atoms with Gasteiger partial charge in [-0.15, -0.1) is 11.3 Å². The number of aromatic amines is 1. The third-order valence-electron chi connectivity index (χ3n) is 1.94. The molecule has 0 fully saturated rings. The van der Waals surface area contributed by atoms with Gasteiger partial charge in [-0.2, -0.15) is 0 Å². The highest BCUT2D eigenvalue weighted by molar-refractivity contribution is 7.73. The summed E-state index contributed by atoms with van der Waals surface area (Å²) in [6, 6.07) is 7.79. The molecule has 0 aliphatic carbocycles. The number of hydrogen-bond acceptors (Lipinski definition) is 2. The van der Waals surface area contributed by atoms with Crippen molar-refractivity contribution in [3.8, 4) is 10.4 Å². The molecule has 0 saturated heterocycles. The Hall–Kier alpha value is -0.640. The number of nitrogens with one attached hydrogen (secondary N) is 1. The summed E-state index contributed by atoms with van der Waals surface area (Å²) in [6.45, 7) is 2.00. The van der Waals surface area contributed by atoms with Gasteiger partial charge >= 0.3 is 0 Å². The predicted molar refractivity (Wildman–Crippen MR) is 64.7 cm³/mol. The summed E-state index contributed by atoms with van der Waals surface area (Å²) >= 11 is 12.7. The van der Waals surface area contributed by atoms with Crippen molar-refractivity contribution in [2.45, 2.75) is 6.92 Å². The first-order valence-corrected chi connectivity index (χ1v) is 5.73. The monoisotopic (exact) mass is 241 g/mol. The van der Waals surface area contributed by atoms with Crippen molar-refractivity contribution in [1.82, 2.24) is 4.98 Å². The van der Waals surface area contributed by atoms with Crippen LogP contribution >= 0.6 is 35.2 Å². The average molecular weight is 242 g/mol. The molecule has 1 N–H and O–H groups in total. The van der Waals surface area contributed by atoms with Gasteiger partial charge in [0.25, 0.3) is 0 Å². The van der Waals surface area contributed by atoms with Gasteiger partial charge in [-0.3, -0.25) is 0 Å². The highest BCUT2D eigenvalue weighted by Crippen LogP contribution is 2.33.